The summed E-state index contributed by atoms with van der Waals surface area (Å²) in [4.78, 5) is -0.0517. The van der Waals surface area contributed by atoms with Crippen molar-refractivity contribution in [2.75, 3.05) is 14.2 Å². The molecule has 0 aliphatic carbocycles. The number of hydrogen-bond acceptors (Lipinski definition) is 7. The van der Waals surface area contributed by atoms with Crippen LogP contribution in [-0.2, 0) is 14.3 Å². The maximum atomic E-state index is 12.6. The third-order valence-corrected chi connectivity index (χ3v) is 5.28. The third kappa shape index (κ3) is 4.76. The van der Waals surface area contributed by atoms with Gasteiger partial charge in [0.2, 0.25) is 0 Å². The van der Waals surface area contributed by atoms with Gasteiger partial charge in [0.25, 0.3) is 10.1 Å². The fourth-order valence-electron chi connectivity index (χ4n) is 2.47. The number of aryl methyl sites for hydroxylation is 1. The summed E-state index contributed by atoms with van der Waals surface area (Å²) >= 11 is 0. The van der Waals surface area contributed by atoms with Crippen LogP contribution >= 0.6 is 0 Å². The van der Waals surface area contributed by atoms with E-state index < -0.39 is 28.1 Å². The summed E-state index contributed by atoms with van der Waals surface area (Å²) in [6.07, 6.45) is -1.42. The molecule has 0 amide bonds. The summed E-state index contributed by atoms with van der Waals surface area (Å²) in [6.45, 7) is 1.83. The average Bonchev–Trinajstić information content (AvgIpc) is 2.65. The van der Waals surface area contributed by atoms with Crippen molar-refractivity contribution in [3.8, 4) is 11.5 Å². The molecule has 146 valence electrons. The van der Waals surface area contributed by atoms with E-state index in [9.17, 15) is 8.42 Å². The van der Waals surface area contributed by atoms with Crippen molar-refractivity contribution in [2.24, 2.45) is 11.5 Å². The lowest BCUT2D eigenvalue weighted by atomic mass is 10.0. The van der Waals surface area contributed by atoms with Crippen LogP contribution in [0.25, 0.3) is 0 Å². The van der Waals surface area contributed by atoms with E-state index in [1.165, 1.54) is 26.4 Å². The van der Waals surface area contributed by atoms with Gasteiger partial charge in [-0.2, -0.15) is 8.42 Å². The second kappa shape index (κ2) is 8.38. The van der Waals surface area contributed by atoms with E-state index in [0.717, 1.165) is 5.56 Å². The zero-order valence-corrected chi connectivity index (χ0v) is 16.1. The smallest absolute Gasteiger partial charge is 0.297 e. The summed E-state index contributed by atoms with van der Waals surface area (Å²) in [5.41, 5.74) is 13.1. The minimum Gasteiger partial charge on any atom is -0.497 e. The van der Waals surface area contributed by atoms with Gasteiger partial charge in [-0.3, -0.25) is 9.59 Å². The highest BCUT2D eigenvalue weighted by Gasteiger charge is 2.32. The molecule has 2 aromatic carbocycles. The summed E-state index contributed by atoms with van der Waals surface area (Å²) in [7, 11) is -1.25. The molecule has 0 bridgehead atoms. The second-order valence-corrected chi connectivity index (χ2v) is 7.45. The number of benzene rings is 2. The summed E-state index contributed by atoms with van der Waals surface area (Å²) in [5, 5.41) is 7.77. The topological polar surface area (TPSA) is 138 Å². The van der Waals surface area contributed by atoms with Gasteiger partial charge in [-0.25, -0.2) is 0 Å². The normalized spacial score (nSPS) is 13.6. The molecule has 0 aromatic heterocycles. The maximum absolute atomic E-state index is 12.6. The Bertz CT molecular complexity index is 913. The zero-order chi connectivity index (χ0) is 20.2. The molecule has 2 rings (SSSR count). The van der Waals surface area contributed by atoms with Crippen LogP contribution < -0.4 is 20.9 Å². The summed E-state index contributed by atoms with van der Waals surface area (Å²) in [6, 6.07) is 9.92. The first-order valence-electron chi connectivity index (χ1n) is 8.01. The van der Waals surface area contributed by atoms with E-state index in [1.54, 1.807) is 30.3 Å². The summed E-state index contributed by atoms with van der Waals surface area (Å²) in [5.74, 6) is 0.360. The highest BCUT2D eigenvalue weighted by atomic mass is 32.2. The number of rotatable bonds is 8. The van der Waals surface area contributed by atoms with E-state index in [2.05, 4.69) is 0 Å². The SMILES string of the molecule is COc1ccc(OC)c(C(N)C(OS(=O)(=O)c2ccc(C)cc2)C(=N)N)c1. The Morgan fingerprint density at radius 2 is 1.70 bits per heavy atom. The van der Waals surface area contributed by atoms with Crippen LogP contribution in [0.15, 0.2) is 47.4 Å². The Hall–Kier alpha value is -2.62. The average molecular weight is 393 g/mol. The molecule has 0 aliphatic heterocycles. The van der Waals surface area contributed by atoms with Gasteiger partial charge in [0.05, 0.1) is 25.2 Å². The van der Waals surface area contributed by atoms with Crippen molar-refractivity contribution in [2.45, 2.75) is 24.0 Å². The van der Waals surface area contributed by atoms with E-state index in [4.69, 9.17) is 30.5 Å². The van der Waals surface area contributed by atoms with Crippen molar-refractivity contribution in [3.63, 3.8) is 0 Å². The van der Waals surface area contributed by atoms with Crippen LogP contribution in [0.2, 0.25) is 0 Å². The van der Waals surface area contributed by atoms with Crippen LogP contribution in [0.3, 0.4) is 0 Å². The lowest BCUT2D eigenvalue weighted by Gasteiger charge is -2.24. The van der Waals surface area contributed by atoms with E-state index in [-0.39, 0.29) is 4.90 Å². The molecule has 0 radical (unpaired) electrons. The largest absolute Gasteiger partial charge is 0.497 e. The van der Waals surface area contributed by atoms with Gasteiger partial charge in [0, 0.05) is 5.56 Å². The van der Waals surface area contributed by atoms with Crippen LogP contribution in [0.5, 0.6) is 11.5 Å². The van der Waals surface area contributed by atoms with Crippen LogP contribution in [0.1, 0.15) is 17.2 Å². The van der Waals surface area contributed by atoms with Gasteiger partial charge in [-0.05, 0) is 37.3 Å². The minimum absolute atomic E-state index is 0.0517. The van der Waals surface area contributed by atoms with Gasteiger partial charge >= 0.3 is 0 Å². The van der Waals surface area contributed by atoms with Gasteiger partial charge < -0.3 is 20.9 Å². The molecule has 2 aromatic rings. The van der Waals surface area contributed by atoms with Gasteiger partial charge in [0.15, 0.2) is 6.10 Å². The molecule has 0 fully saturated rings. The van der Waals surface area contributed by atoms with Gasteiger partial charge in [-0.1, -0.05) is 17.7 Å². The number of ether oxygens (including phenoxy) is 2. The number of nitrogens with one attached hydrogen (secondary N) is 1. The molecule has 2 unspecified atom stereocenters. The molecule has 5 N–H and O–H groups in total. The predicted molar refractivity (Wildman–Crippen MR) is 102 cm³/mol. The predicted octanol–water partition coefficient (Wildman–Crippen LogP) is 1.72. The van der Waals surface area contributed by atoms with Crippen molar-refractivity contribution in [3.05, 3.63) is 53.6 Å². The Labute approximate surface area is 158 Å². The Kier molecular flexibility index (Phi) is 6.42. The van der Waals surface area contributed by atoms with Gasteiger partial charge in [0.1, 0.15) is 17.3 Å². The highest BCUT2D eigenvalue weighted by molar-refractivity contribution is 7.86. The van der Waals surface area contributed by atoms with E-state index in [0.29, 0.717) is 17.1 Å². The molecule has 27 heavy (non-hydrogen) atoms. The minimum atomic E-state index is -4.18. The fraction of sp³-hybridized carbons (Fsp3) is 0.278. The summed E-state index contributed by atoms with van der Waals surface area (Å²) < 4.78 is 40.8. The number of methoxy groups -OCH3 is 2. The van der Waals surface area contributed by atoms with Crippen LogP contribution in [0, 0.1) is 12.3 Å². The first-order valence-corrected chi connectivity index (χ1v) is 9.41. The molecule has 0 saturated carbocycles. The molecule has 0 saturated heterocycles. The molecule has 8 nitrogen and oxygen atoms in total. The lowest BCUT2D eigenvalue weighted by molar-refractivity contribution is 0.236. The highest BCUT2D eigenvalue weighted by Crippen LogP contribution is 2.32. The van der Waals surface area contributed by atoms with Crippen molar-refractivity contribution in [1.82, 2.24) is 0 Å². The van der Waals surface area contributed by atoms with Crippen LogP contribution in [0.4, 0.5) is 0 Å². The lowest BCUT2D eigenvalue weighted by Crippen LogP contribution is -2.41. The first kappa shape index (κ1) is 20.7. The van der Waals surface area contributed by atoms with Crippen molar-refractivity contribution < 1.29 is 22.1 Å². The van der Waals surface area contributed by atoms with Crippen LogP contribution in [-0.4, -0.2) is 34.6 Å². The number of amidine groups is 1. The molecular formula is C18H23N3O5S. The maximum Gasteiger partial charge on any atom is 0.297 e. The Morgan fingerprint density at radius 3 is 2.22 bits per heavy atom. The molecule has 0 heterocycles. The molecule has 0 spiro atoms. The first-order chi connectivity index (χ1) is 12.7. The van der Waals surface area contributed by atoms with Crippen molar-refractivity contribution >= 4 is 16.0 Å². The zero-order valence-electron chi connectivity index (χ0n) is 15.3. The second-order valence-electron chi connectivity index (χ2n) is 5.87. The monoisotopic (exact) mass is 393 g/mol. The Morgan fingerprint density at radius 1 is 1.07 bits per heavy atom. The third-order valence-electron chi connectivity index (χ3n) is 3.97. The molecule has 9 heteroatoms. The standard InChI is InChI=1S/C18H23N3O5S/c1-11-4-7-13(8-5-11)27(22,23)26-17(18(20)21)16(19)14-10-12(24-2)6-9-15(14)25-3/h4-10,16-17H,19H2,1-3H3,(H3,20,21). The Balaban J connectivity index is 2.40. The quantitative estimate of drug-likeness (QED) is 0.353. The van der Waals surface area contributed by atoms with E-state index >= 15 is 0 Å². The molecule has 2 atom stereocenters. The number of nitrogens with two attached hydrogens (primary N) is 2. The fourth-order valence-corrected chi connectivity index (χ4v) is 3.54. The molecule has 0 aliphatic rings. The van der Waals surface area contributed by atoms with E-state index in [1.807, 2.05) is 6.92 Å². The molecular weight excluding hydrogens is 370 g/mol. The van der Waals surface area contributed by atoms with Gasteiger partial charge in [-0.15, -0.1) is 0 Å². The number of hydrogen-bond donors (Lipinski definition) is 3. The van der Waals surface area contributed by atoms with Crippen molar-refractivity contribution in [1.29, 1.82) is 5.41 Å².